The number of nitrogens with two attached hydrogens (primary N) is 1. The highest BCUT2D eigenvalue weighted by Crippen LogP contribution is 2.38. The second-order valence-corrected chi connectivity index (χ2v) is 7.17. The van der Waals surface area contributed by atoms with Crippen molar-refractivity contribution in [3.8, 4) is 0 Å². The average molecular weight is 268 g/mol. The standard InChI is InChI=1S/C17H36N2/c1-5-7-12-19(13-8-6-2)14-15-10-9-11-17(3,4)16(15)18/h15-16H,5-14,18H2,1-4H3. The van der Waals surface area contributed by atoms with E-state index in [1.807, 2.05) is 0 Å². The minimum atomic E-state index is 0.337. The second kappa shape index (κ2) is 8.26. The molecule has 2 nitrogen and oxygen atoms in total. The summed E-state index contributed by atoms with van der Waals surface area (Å²) in [5.41, 5.74) is 6.87. The Morgan fingerprint density at radius 1 is 1.11 bits per heavy atom. The molecule has 0 aromatic heterocycles. The monoisotopic (exact) mass is 268 g/mol. The highest BCUT2D eigenvalue weighted by molar-refractivity contribution is 4.92. The number of unbranched alkanes of at least 4 members (excludes halogenated alkanes) is 2. The van der Waals surface area contributed by atoms with Crippen LogP contribution < -0.4 is 5.73 Å². The van der Waals surface area contributed by atoms with Gasteiger partial charge >= 0.3 is 0 Å². The fourth-order valence-electron chi connectivity index (χ4n) is 3.40. The van der Waals surface area contributed by atoms with E-state index in [0.29, 0.717) is 17.4 Å². The van der Waals surface area contributed by atoms with Gasteiger partial charge in [0.15, 0.2) is 0 Å². The van der Waals surface area contributed by atoms with Gasteiger partial charge in [-0.15, -0.1) is 0 Å². The summed E-state index contributed by atoms with van der Waals surface area (Å²) in [5.74, 6) is 0.706. The molecule has 2 unspecified atom stereocenters. The number of hydrogen-bond acceptors (Lipinski definition) is 2. The van der Waals surface area contributed by atoms with Gasteiger partial charge in [-0.3, -0.25) is 0 Å². The molecule has 0 saturated heterocycles. The van der Waals surface area contributed by atoms with E-state index in [1.54, 1.807) is 0 Å². The van der Waals surface area contributed by atoms with E-state index in [1.165, 1.54) is 64.6 Å². The van der Waals surface area contributed by atoms with E-state index in [2.05, 4.69) is 32.6 Å². The summed E-state index contributed by atoms with van der Waals surface area (Å²) in [5, 5.41) is 0. The zero-order valence-corrected chi connectivity index (χ0v) is 13.8. The Kier molecular flexibility index (Phi) is 7.38. The predicted molar refractivity (Wildman–Crippen MR) is 85.4 cm³/mol. The van der Waals surface area contributed by atoms with E-state index >= 15 is 0 Å². The van der Waals surface area contributed by atoms with Crippen LogP contribution in [0.15, 0.2) is 0 Å². The molecule has 1 fully saturated rings. The first kappa shape index (κ1) is 17.0. The van der Waals surface area contributed by atoms with Crippen molar-refractivity contribution in [2.75, 3.05) is 19.6 Å². The van der Waals surface area contributed by atoms with Crippen LogP contribution in [0.25, 0.3) is 0 Å². The maximum Gasteiger partial charge on any atom is 0.0131 e. The molecule has 1 aliphatic rings. The summed E-state index contributed by atoms with van der Waals surface area (Å²) in [6.45, 7) is 13.0. The lowest BCUT2D eigenvalue weighted by atomic mass is 9.68. The Labute approximate surface area is 121 Å². The van der Waals surface area contributed by atoms with E-state index in [4.69, 9.17) is 5.73 Å². The lowest BCUT2D eigenvalue weighted by molar-refractivity contribution is 0.101. The Hall–Kier alpha value is -0.0800. The Morgan fingerprint density at radius 2 is 1.68 bits per heavy atom. The van der Waals surface area contributed by atoms with Gasteiger partial charge in [0, 0.05) is 12.6 Å². The normalized spacial score (nSPS) is 26.8. The average Bonchev–Trinajstić information content (AvgIpc) is 2.37. The third-order valence-electron chi connectivity index (χ3n) is 4.95. The van der Waals surface area contributed by atoms with Crippen molar-refractivity contribution < 1.29 is 0 Å². The first-order chi connectivity index (χ1) is 9.01. The lowest BCUT2D eigenvalue weighted by Crippen LogP contribution is -2.50. The van der Waals surface area contributed by atoms with Crippen molar-refractivity contribution in [3.05, 3.63) is 0 Å². The highest BCUT2D eigenvalue weighted by atomic mass is 15.1. The Morgan fingerprint density at radius 3 is 2.21 bits per heavy atom. The SMILES string of the molecule is CCCCN(CCCC)CC1CCCC(C)(C)C1N. The summed E-state index contributed by atoms with van der Waals surface area (Å²) in [4.78, 5) is 2.68. The fourth-order valence-corrected chi connectivity index (χ4v) is 3.40. The number of hydrogen-bond donors (Lipinski definition) is 1. The first-order valence-electron chi connectivity index (χ1n) is 8.49. The molecule has 0 spiro atoms. The zero-order valence-electron chi connectivity index (χ0n) is 13.8. The van der Waals surface area contributed by atoms with Crippen LogP contribution in [0.3, 0.4) is 0 Å². The van der Waals surface area contributed by atoms with Crippen molar-refractivity contribution in [1.82, 2.24) is 4.90 Å². The van der Waals surface area contributed by atoms with Gasteiger partial charge in [-0.25, -0.2) is 0 Å². The van der Waals surface area contributed by atoms with Crippen LogP contribution in [0, 0.1) is 11.3 Å². The molecule has 19 heavy (non-hydrogen) atoms. The second-order valence-electron chi connectivity index (χ2n) is 7.17. The molecular weight excluding hydrogens is 232 g/mol. The third kappa shape index (κ3) is 5.43. The van der Waals surface area contributed by atoms with Crippen LogP contribution in [0.2, 0.25) is 0 Å². The van der Waals surface area contributed by atoms with Gasteiger partial charge in [0.1, 0.15) is 0 Å². The molecule has 114 valence electrons. The van der Waals surface area contributed by atoms with Crippen LogP contribution in [-0.2, 0) is 0 Å². The van der Waals surface area contributed by atoms with Gasteiger partial charge in [0.05, 0.1) is 0 Å². The quantitative estimate of drug-likeness (QED) is 0.720. The molecule has 0 aromatic carbocycles. The maximum atomic E-state index is 6.54. The van der Waals surface area contributed by atoms with E-state index in [0.717, 1.165) is 0 Å². The third-order valence-corrected chi connectivity index (χ3v) is 4.95. The molecule has 0 heterocycles. The van der Waals surface area contributed by atoms with Crippen LogP contribution in [0.4, 0.5) is 0 Å². The van der Waals surface area contributed by atoms with Crippen LogP contribution in [-0.4, -0.2) is 30.6 Å². The molecule has 0 bridgehead atoms. The van der Waals surface area contributed by atoms with Gasteiger partial charge in [-0.2, -0.15) is 0 Å². The lowest BCUT2D eigenvalue weighted by Gasteiger charge is -2.43. The minimum Gasteiger partial charge on any atom is -0.327 e. The molecule has 1 aliphatic carbocycles. The number of rotatable bonds is 8. The van der Waals surface area contributed by atoms with Crippen LogP contribution in [0.5, 0.6) is 0 Å². The summed E-state index contributed by atoms with van der Waals surface area (Å²) < 4.78 is 0. The van der Waals surface area contributed by atoms with Gasteiger partial charge < -0.3 is 10.6 Å². The molecule has 1 saturated carbocycles. The fraction of sp³-hybridized carbons (Fsp3) is 1.00. The molecule has 0 aromatic rings. The zero-order chi connectivity index (χ0) is 14.3. The summed E-state index contributed by atoms with van der Waals surface area (Å²) >= 11 is 0. The van der Waals surface area contributed by atoms with E-state index < -0.39 is 0 Å². The first-order valence-corrected chi connectivity index (χ1v) is 8.49. The summed E-state index contributed by atoms with van der Waals surface area (Å²) in [7, 11) is 0. The molecule has 0 aliphatic heterocycles. The molecular formula is C17H36N2. The molecule has 0 radical (unpaired) electrons. The van der Waals surface area contributed by atoms with E-state index in [9.17, 15) is 0 Å². The largest absolute Gasteiger partial charge is 0.327 e. The Balaban J connectivity index is 2.51. The smallest absolute Gasteiger partial charge is 0.0131 e. The van der Waals surface area contributed by atoms with Crippen molar-refractivity contribution in [1.29, 1.82) is 0 Å². The Bertz CT molecular complexity index is 229. The van der Waals surface area contributed by atoms with Crippen molar-refractivity contribution >= 4 is 0 Å². The van der Waals surface area contributed by atoms with Crippen molar-refractivity contribution in [2.45, 2.75) is 78.7 Å². The molecule has 2 heteroatoms. The van der Waals surface area contributed by atoms with Crippen molar-refractivity contribution in [3.63, 3.8) is 0 Å². The highest BCUT2D eigenvalue weighted by Gasteiger charge is 2.36. The summed E-state index contributed by atoms with van der Waals surface area (Å²) in [6.07, 6.45) is 9.24. The summed E-state index contributed by atoms with van der Waals surface area (Å²) in [6, 6.07) is 0.381. The van der Waals surface area contributed by atoms with Gasteiger partial charge in [-0.05, 0) is 50.1 Å². The topological polar surface area (TPSA) is 29.3 Å². The molecule has 2 N–H and O–H groups in total. The maximum absolute atomic E-state index is 6.54. The van der Waals surface area contributed by atoms with Gasteiger partial charge in [0.2, 0.25) is 0 Å². The van der Waals surface area contributed by atoms with Gasteiger partial charge in [0.25, 0.3) is 0 Å². The minimum absolute atomic E-state index is 0.337. The number of nitrogens with zero attached hydrogens (tertiary/aromatic N) is 1. The molecule has 1 rings (SSSR count). The molecule has 0 amide bonds. The van der Waals surface area contributed by atoms with Crippen molar-refractivity contribution in [2.24, 2.45) is 17.1 Å². The van der Waals surface area contributed by atoms with Gasteiger partial charge in [-0.1, -0.05) is 47.0 Å². The molecule has 2 atom stereocenters. The van der Waals surface area contributed by atoms with E-state index in [-0.39, 0.29) is 0 Å². The van der Waals surface area contributed by atoms with Crippen LogP contribution in [0.1, 0.15) is 72.6 Å². The predicted octanol–water partition coefficient (Wildman–Crippen LogP) is 4.04. The van der Waals surface area contributed by atoms with Crippen LogP contribution >= 0.6 is 0 Å².